The molecule has 102 valence electrons. The second-order valence-electron chi connectivity index (χ2n) is 5.04. The van der Waals surface area contributed by atoms with Crippen molar-refractivity contribution in [3.63, 3.8) is 0 Å². The van der Waals surface area contributed by atoms with E-state index in [-0.39, 0.29) is 24.7 Å². The van der Waals surface area contributed by atoms with Gasteiger partial charge in [-0.15, -0.1) is 0 Å². The van der Waals surface area contributed by atoms with Crippen molar-refractivity contribution in [3.05, 3.63) is 23.8 Å². The van der Waals surface area contributed by atoms with Crippen LogP contribution in [-0.4, -0.2) is 25.3 Å². The molecule has 5 nitrogen and oxygen atoms in total. The molecule has 0 spiro atoms. The average Bonchev–Trinajstić information content (AvgIpc) is 3.03. The smallest absolute Gasteiger partial charge is 0.231 e. The third-order valence-corrected chi connectivity index (χ3v) is 3.77. The summed E-state index contributed by atoms with van der Waals surface area (Å²) in [4.78, 5) is 12.1. The zero-order valence-electron chi connectivity index (χ0n) is 10.9. The van der Waals surface area contributed by atoms with Crippen LogP contribution in [0.15, 0.2) is 18.2 Å². The van der Waals surface area contributed by atoms with Crippen molar-refractivity contribution in [3.8, 4) is 11.5 Å². The van der Waals surface area contributed by atoms with Gasteiger partial charge in [-0.3, -0.25) is 4.79 Å². The largest absolute Gasteiger partial charge is 0.454 e. The maximum Gasteiger partial charge on any atom is 0.231 e. The van der Waals surface area contributed by atoms with E-state index in [1.165, 1.54) is 0 Å². The Morgan fingerprint density at radius 3 is 3.05 bits per heavy atom. The number of hydrogen-bond acceptors (Lipinski definition) is 4. The fraction of sp³-hybridized carbons (Fsp3) is 0.500. The van der Waals surface area contributed by atoms with Gasteiger partial charge in [-0.2, -0.15) is 0 Å². The van der Waals surface area contributed by atoms with E-state index in [9.17, 15) is 4.79 Å². The number of carbonyl (C=O) groups excluding carboxylic acids is 1. The van der Waals surface area contributed by atoms with Gasteiger partial charge in [-0.25, -0.2) is 0 Å². The van der Waals surface area contributed by atoms with Crippen molar-refractivity contribution in [2.24, 2.45) is 5.92 Å². The molecule has 1 aromatic carbocycles. The van der Waals surface area contributed by atoms with Crippen molar-refractivity contribution < 1.29 is 14.3 Å². The van der Waals surface area contributed by atoms with Gasteiger partial charge in [-0.1, -0.05) is 6.07 Å². The Bertz CT molecular complexity index is 490. The highest BCUT2D eigenvalue weighted by Crippen LogP contribution is 2.32. The number of carbonyl (C=O) groups is 1. The van der Waals surface area contributed by atoms with Crippen LogP contribution in [0.1, 0.15) is 18.9 Å². The number of amides is 1. The summed E-state index contributed by atoms with van der Waals surface area (Å²) in [6.07, 6.45) is 0.911. The Morgan fingerprint density at radius 1 is 1.42 bits per heavy atom. The van der Waals surface area contributed by atoms with Crippen LogP contribution in [0.4, 0.5) is 0 Å². The Labute approximate surface area is 112 Å². The first kappa shape index (κ1) is 12.3. The molecule has 3 rings (SSSR count). The molecule has 1 amide bonds. The van der Waals surface area contributed by atoms with E-state index in [1.807, 2.05) is 18.2 Å². The van der Waals surface area contributed by atoms with Crippen LogP contribution >= 0.6 is 0 Å². The lowest BCUT2D eigenvalue weighted by Crippen LogP contribution is -2.36. The first-order chi connectivity index (χ1) is 9.24. The highest BCUT2D eigenvalue weighted by Gasteiger charge is 2.29. The summed E-state index contributed by atoms with van der Waals surface area (Å²) in [5, 5.41) is 6.27. The summed E-state index contributed by atoms with van der Waals surface area (Å²) in [6.45, 7) is 3.77. The summed E-state index contributed by atoms with van der Waals surface area (Å²) in [7, 11) is 0. The number of rotatable bonds is 3. The standard InChI is InChI=1S/C14H18N2O3/c1-9-11(4-5-15-9)14(17)16-7-10-2-3-12-13(6-10)19-8-18-12/h2-3,6,9,11,15H,4-5,7-8H2,1H3,(H,16,17). The molecule has 2 aliphatic rings. The third kappa shape index (κ3) is 2.51. The molecule has 1 saturated heterocycles. The minimum Gasteiger partial charge on any atom is -0.454 e. The van der Waals surface area contributed by atoms with Crippen LogP contribution in [-0.2, 0) is 11.3 Å². The zero-order chi connectivity index (χ0) is 13.2. The minimum atomic E-state index is 0.0778. The average molecular weight is 262 g/mol. The second-order valence-corrected chi connectivity index (χ2v) is 5.04. The van der Waals surface area contributed by atoms with Crippen LogP contribution in [0.25, 0.3) is 0 Å². The van der Waals surface area contributed by atoms with Gasteiger partial charge in [-0.05, 0) is 37.6 Å². The van der Waals surface area contributed by atoms with Gasteiger partial charge in [0.05, 0.1) is 5.92 Å². The van der Waals surface area contributed by atoms with Crippen LogP contribution in [0, 0.1) is 5.92 Å². The molecule has 5 heteroatoms. The molecular formula is C14H18N2O3. The fourth-order valence-electron chi connectivity index (χ4n) is 2.59. The van der Waals surface area contributed by atoms with Crippen LogP contribution in [0.3, 0.4) is 0 Å². The molecule has 2 N–H and O–H groups in total. The molecule has 1 aromatic rings. The summed E-state index contributed by atoms with van der Waals surface area (Å²) in [5.41, 5.74) is 1.02. The topological polar surface area (TPSA) is 59.6 Å². The zero-order valence-corrected chi connectivity index (χ0v) is 10.9. The summed E-state index contributed by atoms with van der Waals surface area (Å²) < 4.78 is 10.6. The lowest BCUT2D eigenvalue weighted by molar-refractivity contribution is -0.125. The first-order valence-electron chi connectivity index (χ1n) is 6.63. The summed E-state index contributed by atoms with van der Waals surface area (Å²) in [6, 6.07) is 6.00. The molecule has 0 saturated carbocycles. The van der Waals surface area contributed by atoms with E-state index in [0.717, 1.165) is 30.0 Å². The fourth-order valence-corrected chi connectivity index (χ4v) is 2.59. The van der Waals surface area contributed by atoms with Crippen molar-refractivity contribution in [1.29, 1.82) is 0 Å². The van der Waals surface area contributed by atoms with E-state index in [2.05, 4.69) is 17.6 Å². The quantitative estimate of drug-likeness (QED) is 0.854. The van der Waals surface area contributed by atoms with Gasteiger partial charge in [0.25, 0.3) is 0 Å². The lowest BCUT2D eigenvalue weighted by Gasteiger charge is -2.15. The Balaban J connectivity index is 1.58. The molecule has 0 bridgehead atoms. The predicted octanol–water partition coefficient (Wildman–Crippen LogP) is 1.03. The normalized spacial score (nSPS) is 24.5. The van der Waals surface area contributed by atoms with Crippen LogP contribution in [0.5, 0.6) is 11.5 Å². The van der Waals surface area contributed by atoms with Gasteiger partial charge in [0, 0.05) is 12.6 Å². The number of benzene rings is 1. The van der Waals surface area contributed by atoms with Crippen molar-refractivity contribution in [1.82, 2.24) is 10.6 Å². The van der Waals surface area contributed by atoms with E-state index < -0.39 is 0 Å². The van der Waals surface area contributed by atoms with E-state index in [0.29, 0.717) is 6.54 Å². The molecule has 0 aromatic heterocycles. The minimum absolute atomic E-state index is 0.0778. The van der Waals surface area contributed by atoms with Crippen molar-refractivity contribution >= 4 is 5.91 Å². The number of nitrogens with one attached hydrogen (secondary N) is 2. The Kier molecular flexibility index (Phi) is 3.29. The van der Waals surface area contributed by atoms with Gasteiger partial charge in [0.15, 0.2) is 11.5 Å². The summed E-state index contributed by atoms with van der Waals surface area (Å²) in [5.74, 6) is 1.72. The maximum atomic E-state index is 12.1. The molecule has 2 unspecified atom stereocenters. The summed E-state index contributed by atoms with van der Waals surface area (Å²) >= 11 is 0. The second kappa shape index (κ2) is 5.09. The van der Waals surface area contributed by atoms with E-state index in [1.54, 1.807) is 0 Å². The van der Waals surface area contributed by atoms with Crippen molar-refractivity contribution in [2.45, 2.75) is 25.9 Å². The van der Waals surface area contributed by atoms with Crippen molar-refractivity contribution in [2.75, 3.05) is 13.3 Å². The molecule has 0 aliphatic carbocycles. The molecule has 19 heavy (non-hydrogen) atoms. The molecule has 2 heterocycles. The lowest BCUT2D eigenvalue weighted by atomic mass is 10.0. The van der Waals surface area contributed by atoms with Gasteiger partial charge >= 0.3 is 0 Å². The number of fused-ring (bicyclic) bond motifs is 1. The predicted molar refractivity (Wildman–Crippen MR) is 70.0 cm³/mol. The van der Waals surface area contributed by atoms with E-state index in [4.69, 9.17) is 9.47 Å². The molecular weight excluding hydrogens is 244 g/mol. The maximum absolute atomic E-state index is 12.1. The Morgan fingerprint density at radius 2 is 2.26 bits per heavy atom. The van der Waals surface area contributed by atoms with Gasteiger partial charge in [0.2, 0.25) is 12.7 Å². The SMILES string of the molecule is CC1NCCC1C(=O)NCc1ccc2c(c1)OCO2. The first-order valence-corrected chi connectivity index (χ1v) is 6.63. The van der Waals surface area contributed by atoms with Crippen LogP contribution < -0.4 is 20.1 Å². The van der Waals surface area contributed by atoms with Gasteiger partial charge < -0.3 is 20.1 Å². The van der Waals surface area contributed by atoms with E-state index >= 15 is 0 Å². The molecule has 2 aliphatic heterocycles. The number of hydrogen-bond donors (Lipinski definition) is 2. The highest BCUT2D eigenvalue weighted by molar-refractivity contribution is 5.79. The number of ether oxygens (including phenoxy) is 2. The Hall–Kier alpha value is -1.75. The molecule has 2 atom stereocenters. The van der Waals surface area contributed by atoms with Gasteiger partial charge in [0.1, 0.15) is 0 Å². The highest BCUT2D eigenvalue weighted by atomic mass is 16.7. The molecule has 1 fully saturated rings. The monoisotopic (exact) mass is 262 g/mol. The third-order valence-electron chi connectivity index (χ3n) is 3.77. The van der Waals surface area contributed by atoms with Crippen LogP contribution in [0.2, 0.25) is 0 Å². The molecule has 0 radical (unpaired) electrons.